The number of benzene rings is 1. The van der Waals surface area contributed by atoms with E-state index in [9.17, 15) is 18.0 Å². The largest absolute Gasteiger partial charge is 0.437 e. The molecule has 0 saturated heterocycles. The van der Waals surface area contributed by atoms with Gasteiger partial charge in [0.05, 0.1) is 6.04 Å². The number of carbonyl (C=O) groups excluding carboxylic acids is 1. The molecule has 4 nitrogen and oxygen atoms in total. The van der Waals surface area contributed by atoms with Crippen LogP contribution in [0.25, 0.3) is 0 Å². The van der Waals surface area contributed by atoms with Crippen molar-refractivity contribution in [2.24, 2.45) is 5.10 Å². The van der Waals surface area contributed by atoms with Crippen LogP contribution in [0.2, 0.25) is 0 Å². The lowest BCUT2D eigenvalue weighted by Gasteiger charge is -2.28. The summed E-state index contributed by atoms with van der Waals surface area (Å²) in [7, 11) is 1.46. The predicted octanol–water partition coefficient (Wildman–Crippen LogP) is 3.19. The molecule has 1 aliphatic carbocycles. The zero-order valence-corrected chi connectivity index (χ0v) is 12.1. The van der Waals surface area contributed by atoms with Crippen LogP contribution < -0.4 is 5.43 Å². The maximum absolute atomic E-state index is 13.0. The summed E-state index contributed by atoms with van der Waals surface area (Å²) in [6.45, 7) is 0. The van der Waals surface area contributed by atoms with Crippen LogP contribution >= 0.6 is 11.6 Å². The van der Waals surface area contributed by atoms with E-state index in [2.05, 4.69) is 10.5 Å². The molecule has 0 bridgehead atoms. The van der Waals surface area contributed by atoms with Crippen molar-refractivity contribution in [3.63, 3.8) is 0 Å². The Labute approximate surface area is 129 Å². The van der Waals surface area contributed by atoms with Crippen LogP contribution in [0.4, 0.5) is 13.2 Å². The number of allylic oxidation sites excluding steroid dienone is 1. The van der Waals surface area contributed by atoms with Gasteiger partial charge in [-0.05, 0) is 5.56 Å². The normalized spacial score (nSPS) is 20.9. The van der Waals surface area contributed by atoms with Crippen LogP contribution in [0.15, 0.2) is 40.2 Å². The molecule has 115 valence electrons. The molecule has 0 aromatic heterocycles. The van der Waals surface area contributed by atoms with E-state index in [0.717, 1.165) is 0 Å². The van der Waals surface area contributed by atoms with Crippen LogP contribution in [-0.2, 0) is 0 Å². The lowest BCUT2D eigenvalue weighted by atomic mass is 10.1. The molecular formula is C14H10ClF3N3O. The Morgan fingerprint density at radius 3 is 2.68 bits per heavy atom. The van der Waals surface area contributed by atoms with Crippen molar-refractivity contribution in [3.05, 3.63) is 46.2 Å². The molecule has 1 aliphatic heterocycles. The average molecular weight is 329 g/mol. The van der Waals surface area contributed by atoms with Gasteiger partial charge in [0, 0.05) is 19.0 Å². The number of hydrogen-bond acceptors (Lipinski definition) is 3. The predicted molar refractivity (Wildman–Crippen MR) is 74.4 cm³/mol. The number of alkyl halides is 3. The third-order valence-corrected chi connectivity index (χ3v) is 4.00. The fourth-order valence-electron chi connectivity index (χ4n) is 2.73. The molecule has 3 rings (SSSR count). The summed E-state index contributed by atoms with van der Waals surface area (Å²) in [5.74, 6) is -0.107. The number of rotatable bonds is 2. The van der Waals surface area contributed by atoms with E-state index in [1.54, 1.807) is 24.3 Å². The summed E-state index contributed by atoms with van der Waals surface area (Å²) < 4.78 is 39.1. The van der Waals surface area contributed by atoms with E-state index in [4.69, 9.17) is 11.6 Å². The molecule has 1 unspecified atom stereocenters. The van der Waals surface area contributed by atoms with Crippen LogP contribution in [0.5, 0.6) is 0 Å². The molecule has 1 heterocycles. The molecule has 0 saturated carbocycles. The molecule has 1 radical (unpaired) electrons. The van der Waals surface area contributed by atoms with Crippen LogP contribution in [-0.4, -0.2) is 29.6 Å². The van der Waals surface area contributed by atoms with Gasteiger partial charge in [-0.2, -0.15) is 13.2 Å². The molecule has 0 spiro atoms. The van der Waals surface area contributed by atoms with Gasteiger partial charge < -0.3 is 4.90 Å². The summed E-state index contributed by atoms with van der Waals surface area (Å²) in [5, 5.41) is 2.79. The summed E-state index contributed by atoms with van der Waals surface area (Å²) in [5.41, 5.74) is 3.08. The van der Waals surface area contributed by atoms with Crippen molar-refractivity contribution in [1.29, 1.82) is 0 Å². The second-order valence-corrected chi connectivity index (χ2v) is 5.39. The van der Waals surface area contributed by atoms with Crippen molar-refractivity contribution >= 4 is 23.1 Å². The first-order valence-electron chi connectivity index (χ1n) is 6.41. The van der Waals surface area contributed by atoms with E-state index < -0.39 is 17.9 Å². The summed E-state index contributed by atoms with van der Waals surface area (Å²) in [6, 6.07) is 6.34. The van der Waals surface area contributed by atoms with Crippen molar-refractivity contribution in [2.75, 3.05) is 7.05 Å². The van der Waals surface area contributed by atoms with E-state index in [0.29, 0.717) is 11.1 Å². The minimum Gasteiger partial charge on any atom is -0.363 e. The highest BCUT2D eigenvalue weighted by Crippen LogP contribution is 2.40. The highest BCUT2D eigenvalue weighted by Gasteiger charge is 2.46. The smallest absolute Gasteiger partial charge is 0.363 e. The van der Waals surface area contributed by atoms with Crippen molar-refractivity contribution in [3.8, 4) is 0 Å². The minimum atomic E-state index is -4.66. The van der Waals surface area contributed by atoms with Gasteiger partial charge in [0.1, 0.15) is 5.70 Å². The number of carbonyl (C=O) groups is 1. The number of fused-ring (bicyclic) bond motifs is 1. The third-order valence-electron chi connectivity index (χ3n) is 3.75. The first-order valence-corrected chi connectivity index (χ1v) is 6.79. The van der Waals surface area contributed by atoms with Gasteiger partial charge in [-0.25, -0.2) is 0 Å². The molecule has 1 aromatic rings. The fourth-order valence-corrected chi connectivity index (χ4v) is 2.99. The molecule has 1 atom stereocenters. The second kappa shape index (κ2) is 5.01. The Hall–Kier alpha value is -2.02. The van der Waals surface area contributed by atoms with Gasteiger partial charge in [0.2, 0.25) is 0 Å². The second-order valence-electron chi connectivity index (χ2n) is 5.03. The standard InChI is InChI=1S/C14H10ClF3N3O/c1-21(11-12(14(16,17)18)19-20-13(11)15)9-6-10(22)8-5-3-2-4-7(8)9/h2-5,9H,6H2,1H3. The number of Topliss-reactive ketones (excluding diaryl/α,β-unsaturated/α-hetero) is 1. The summed E-state index contributed by atoms with van der Waals surface area (Å²) in [6.07, 6.45) is -4.57. The molecule has 0 amide bonds. The number of ketones is 1. The molecule has 0 fully saturated rings. The van der Waals surface area contributed by atoms with E-state index >= 15 is 0 Å². The quantitative estimate of drug-likeness (QED) is 0.783. The fraction of sp³-hybridized carbons (Fsp3) is 0.286. The van der Waals surface area contributed by atoms with Crippen molar-refractivity contribution in [2.45, 2.75) is 18.6 Å². The molecule has 22 heavy (non-hydrogen) atoms. The maximum atomic E-state index is 13.0. The Morgan fingerprint density at radius 1 is 1.32 bits per heavy atom. The highest BCUT2D eigenvalue weighted by molar-refractivity contribution is 6.33. The molecular weight excluding hydrogens is 319 g/mol. The minimum absolute atomic E-state index is 0.0919. The summed E-state index contributed by atoms with van der Waals surface area (Å²) >= 11 is 5.79. The average Bonchev–Trinajstić information content (AvgIpc) is 3.00. The maximum Gasteiger partial charge on any atom is 0.437 e. The van der Waals surface area contributed by atoms with Crippen molar-refractivity contribution < 1.29 is 18.0 Å². The number of hydrogen-bond donors (Lipinski definition) is 0. The molecule has 1 aromatic carbocycles. The van der Waals surface area contributed by atoms with Crippen LogP contribution in [0.1, 0.15) is 28.4 Å². The monoisotopic (exact) mass is 328 g/mol. The zero-order valence-electron chi connectivity index (χ0n) is 11.4. The Morgan fingerprint density at radius 2 is 2.00 bits per heavy atom. The Balaban J connectivity index is 1.99. The Kier molecular flexibility index (Phi) is 3.40. The molecule has 0 N–H and O–H groups in total. The first kappa shape index (κ1) is 14.9. The van der Waals surface area contributed by atoms with E-state index in [-0.39, 0.29) is 23.1 Å². The van der Waals surface area contributed by atoms with E-state index in [1.807, 2.05) is 0 Å². The summed E-state index contributed by atoms with van der Waals surface area (Å²) in [4.78, 5) is 13.3. The number of nitrogens with zero attached hydrogens (tertiary/aromatic N) is 3. The van der Waals surface area contributed by atoms with Crippen LogP contribution in [0, 0.1) is 0 Å². The van der Waals surface area contributed by atoms with Crippen LogP contribution in [0.3, 0.4) is 0 Å². The Bertz CT molecular complexity index is 712. The van der Waals surface area contributed by atoms with Gasteiger partial charge in [0.15, 0.2) is 16.7 Å². The van der Waals surface area contributed by atoms with Gasteiger partial charge in [-0.1, -0.05) is 35.9 Å². The van der Waals surface area contributed by atoms with Gasteiger partial charge >= 0.3 is 6.18 Å². The van der Waals surface area contributed by atoms with Gasteiger partial charge in [-0.3, -0.25) is 4.79 Å². The third kappa shape index (κ3) is 2.25. The SMILES string of the molecule is CN(C1=C(Cl)[N]N=C1C(F)(F)F)C1CC(=O)c2ccccc21. The van der Waals surface area contributed by atoms with Gasteiger partial charge in [-0.15, -0.1) is 10.5 Å². The molecule has 2 aliphatic rings. The first-order chi connectivity index (χ1) is 10.3. The van der Waals surface area contributed by atoms with E-state index in [1.165, 1.54) is 11.9 Å². The van der Waals surface area contributed by atoms with Crippen molar-refractivity contribution in [1.82, 2.24) is 10.3 Å². The lowest BCUT2D eigenvalue weighted by molar-refractivity contribution is -0.0594. The zero-order chi connectivity index (χ0) is 16.1. The highest BCUT2D eigenvalue weighted by atomic mass is 35.5. The molecule has 8 heteroatoms. The van der Waals surface area contributed by atoms with Gasteiger partial charge in [0.25, 0.3) is 0 Å². The number of halogens is 4. The lowest BCUT2D eigenvalue weighted by Crippen LogP contribution is -2.34. The topological polar surface area (TPSA) is 46.8 Å².